The number of aliphatic hydroxyl groups excluding tert-OH is 1. The SMILES string of the molecule is CCCCCC/C=C\C=C/CCCCCCCC(=O)O[C@H](COC(=O)CCCCCCCCCCCCCC(C)C)COP(=O)(O)OC[C@@H](O)COP(=O)(O)OC[C@@H](COC(=O)CCCCCCCCCCC)OC(=O)CCCCCCCCCCCC. The Bertz CT molecular complexity index is 1800. The van der Waals surface area contributed by atoms with Gasteiger partial charge in [-0.3, -0.25) is 37.3 Å². The highest BCUT2D eigenvalue weighted by Crippen LogP contribution is 2.45. The molecule has 0 rings (SSSR count). The van der Waals surface area contributed by atoms with E-state index in [9.17, 15) is 43.2 Å². The second kappa shape index (κ2) is 62.0. The third kappa shape index (κ3) is 62.4. The number of carbonyl (C=O) groups is 4. The Morgan fingerprint density at radius 3 is 0.932 bits per heavy atom. The fourth-order valence-electron chi connectivity index (χ4n) is 9.93. The van der Waals surface area contributed by atoms with Gasteiger partial charge >= 0.3 is 39.5 Å². The quantitative estimate of drug-likeness (QED) is 0.0169. The van der Waals surface area contributed by atoms with Gasteiger partial charge in [0.25, 0.3) is 0 Å². The summed E-state index contributed by atoms with van der Waals surface area (Å²) >= 11 is 0. The van der Waals surface area contributed by atoms with Crippen LogP contribution in [0.3, 0.4) is 0 Å². The monoisotopic (exact) mass is 1290 g/mol. The number of hydrogen-bond donors (Lipinski definition) is 3. The van der Waals surface area contributed by atoms with Crippen LogP contribution in [0.25, 0.3) is 0 Å². The van der Waals surface area contributed by atoms with E-state index < -0.39 is 97.5 Å². The molecule has 0 heterocycles. The zero-order valence-electron chi connectivity index (χ0n) is 56.3. The topological polar surface area (TPSA) is 237 Å². The smallest absolute Gasteiger partial charge is 0.462 e. The van der Waals surface area contributed by atoms with Crippen LogP contribution in [0.2, 0.25) is 0 Å². The van der Waals surface area contributed by atoms with Crippen LogP contribution in [0.4, 0.5) is 0 Å². The Morgan fingerprint density at radius 2 is 0.614 bits per heavy atom. The van der Waals surface area contributed by atoms with E-state index in [1.807, 2.05) is 0 Å². The highest BCUT2D eigenvalue weighted by Gasteiger charge is 2.30. The molecule has 0 aliphatic heterocycles. The van der Waals surface area contributed by atoms with Crippen LogP contribution >= 0.6 is 15.6 Å². The first kappa shape index (κ1) is 85.5. The molecule has 5 atom stereocenters. The molecule has 0 aromatic carbocycles. The molecule has 17 nitrogen and oxygen atoms in total. The molecule has 0 saturated carbocycles. The molecule has 88 heavy (non-hydrogen) atoms. The molecular formula is C69H130O17P2. The number of phosphoric acid groups is 2. The Morgan fingerprint density at radius 1 is 0.352 bits per heavy atom. The van der Waals surface area contributed by atoms with Crippen LogP contribution in [0.15, 0.2) is 24.3 Å². The third-order valence-corrected chi connectivity index (χ3v) is 17.3. The molecule has 0 aliphatic rings. The van der Waals surface area contributed by atoms with Gasteiger partial charge in [-0.15, -0.1) is 0 Å². The van der Waals surface area contributed by atoms with Crippen molar-refractivity contribution in [2.75, 3.05) is 39.6 Å². The first-order valence-corrected chi connectivity index (χ1v) is 38.4. The van der Waals surface area contributed by atoms with E-state index in [1.54, 1.807) is 0 Å². The van der Waals surface area contributed by atoms with Crippen molar-refractivity contribution in [1.29, 1.82) is 0 Å². The van der Waals surface area contributed by atoms with Gasteiger partial charge < -0.3 is 33.8 Å². The number of rotatable bonds is 67. The van der Waals surface area contributed by atoms with Gasteiger partial charge in [-0.1, -0.05) is 277 Å². The van der Waals surface area contributed by atoms with Crippen LogP contribution in [0.1, 0.15) is 330 Å². The molecule has 3 N–H and O–H groups in total. The zero-order chi connectivity index (χ0) is 64.9. The highest BCUT2D eigenvalue weighted by atomic mass is 31.2. The minimum Gasteiger partial charge on any atom is -0.462 e. The molecule has 2 unspecified atom stereocenters. The molecule has 0 radical (unpaired) electrons. The highest BCUT2D eigenvalue weighted by molar-refractivity contribution is 7.47. The Hall–Kier alpha value is -2.46. The predicted octanol–water partition coefficient (Wildman–Crippen LogP) is 19.3. The Labute approximate surface area is 535 Å². The molecule has 0 fully saturated rings. The van der Waals surface area contributed by atoms with Crippen LogP contribution < -0.4 is 0 Å². The fourth-order valence-corrected chi connectivity index (χ4v) is 11.5. The predicted molar refractivity (Wildman–Crippen MR) is 354 cm³/mol. The lowest BCUT2D eigenvalue weighted by atomic mass is 10.0. The summed E-state index contributed by atoms with van der Waals surface area (Å²) in [7, 11) is -9.91. The van der Waals surface area contributed by atoms with Crippen LogP contribution in [0, 0.1) is 5.92 Å². The van der Waals surface area contributed by atoms with E-state index in [1.165, 1.54) is 141 Å². The van der Waals surface area contributed by atoms with Crippen molar-refractivity contribution in [3.63, 3.8) is 0 Å². The van der Waals surface area contributed by atoms with Crippen molar-refractivity contribution in [2.45, 2.75) is 348 Å². The number of ether oxygens (including phenoxy) is 4. The van der Waals surface area contributed by atoms with E-state index in [4.69, 9.17) is 37.0 Å². The number of allylic oxidation sites excluding steroid dienone is 4. The summed E-state index contributed by atoms with van der Waals surface area (Å²) in [6.45, 7) is 7.15. The summed E-state index contributed by atoms with van der Waals surface area (Å²) < 4.78 is 68.1. The molecule has 0 amide bonds. The van der Waals surface area contributed by atoms with Crippen molar-refractivity contribution in [1.82, 2.24) is 0 Å². The van der Waals surface area contributed by atoms with Crippen molar-refractivity contribution in [3.8, 4) is 0 Å². The number of esters is 4. The van der Waals surface area contributed by atoms with E-state index in [0.717, 1.165) is 109 Å². The standard InChI is InChI=1S/C69H130O17P2/c1-6-9-12-15-18-21-23-24-25-26-29-35-40-45-50-55-69(74)86-65(59-80-67(72)53-48-43-38-34-30-27-28-32-36-41-46-51-62(4)5)61-84-88(77,78)82-57-63(70)56-81-87(75,76)83-60-64(58-79-66(71)52-47-42-37-31-20-17-14-11-8-3)85-68(73)54-49-44-39-33-22-19-16-13-10-7-2/h21,23-25,62-65,70H,6-20,22,26-61H2,1-5H3,(H,75,76)(H,77,78)/b23-21-,25-24-/t63-,64+,65+/m0/s1. The van der Waals surface area contributed by atoms with E-state index in [2.05, 4.69) is 58.9 Å². The average Bonchev–Trinajstić information content (AvgIpc) is 3.51. The van der Waals surface area contributed by atoms with Crippen molar-refractivity contribution in [2.24, 2.45) is 5.92 Å². The summed E-state index contributed by atoms with van der Waals surface area (Å²) in [6, 6.07) is 0. The zero-order valence-corrected chi connectivity index (χ0v) is 58.1. The molecule has 0 bridgehead atoms. The number of aliphatic hydroxyl groups is 1. The summed E-state index contributed by atoms with van der Waals surface area (Å²) in [5.41, 5.74) is 0. The third-order valence-electron chi connectivity index (χ3n) is 15.4. The minimum absolute atomic E-state index is 0.0851. The molecule has 0 aliphatic carbocycles. The van der Waals surface area contributed by atoms with E-state index in [-0.39, 0.29) is 25.7 Å². The molecular weight excluding hydrogens is 1160 g/mol. The maximum Gasteiger partial charge on any atom is 0.472 e. The molecule has 0 spiro atoms. The second-order valence-corrected chi connectivity index (χ2v) is 27.6. The summed E-state index contributed by atoms with van der Waals surface area (Å²) in [6.07, 6.45) is 50.7. The molecule has 19 heteroatoms. The lowest BCUT2D eigenvalue weighted by Crippen LogP contribution is -2.30. The first-order valence-electron chi connectivity index (χ1n) is 35.5. The average molecular weight is 1290 g/mol. The summed E-state index contributed by atoms with van der Waals surface area (Å²) in [5, 5.41) is 10.6. The lowest BCUT2D eigenvalue weighted by Gasteiger charge is -2.21. The van der Waals surface area contributed by atoms with Gasteiger partial charge in [-0.25, -0.2) is 9.13 Å². The summed E-state index contributed by atoms with van der Waals surface area (Å²) in [4.78, 5) is 72.4. The van der Waals surface area contributed by atoms with Gasteiger partial charge in [0.05, 0.1) is 26.4 Å². The normalized spacial score (nSPS) is 14.3. The van der Waals surface area contributed by atoms with Gasteiger partial charge in [-0.05, 0) is 57.3 Å². The maximum atomic E-state index is 13.0. The van der Waals surface area contributed by atoms with Crippen LogP contribution in [0.5, 0.6) is 0 Å². The second-order valence-electron chi connectivity index (χ2n) is 24.7. The van der Waals surface area contributed by atoms with Gasteiger partial charge in [0.2, 0.25) is 0 Å². The van der Waals surface area contributed by atoms with Crippen molar-refractivity contribution in [3.05, 3.63) is 24.3 Å². The van der Waals surface area contributed by atoms with Gasteiger partial charge in [0.15, 0.2) is 12.2 Å². The lowest BCUT2D eigenvalue weighted by molar-refractivity contribution is -0.161. The Balaban J connectivity index is 5.27. The molecule has 0 saturated heterocycles. The number of hydrogen-bond acceptors (Lipinski definition) is 15. The van der Waals surface area contributed by atoms with E-state index in [0.29, 0.717) is 25.7 Å². The van der Waals surface area contributed by atoms with Crippen LogP contribution in [-0.4, -0.2) is 96.7 Å². The van der Waals surface area contributed by atoms with Crippen molar-refractivity contribution < 1.29 is 80.2 Å². The molecule has 518 valence electrons. The number of carbonyl (C=O) groups excluding carboxylic acids is 4. The molecule has 0 aromatic heterocycles. The van der Waals surface area contributed by atoms with E-state index >= 15 is 0 Å². The van der Waals surface area contributed by atoms with Crippen molar-refractivity contribution >= 4 is 39.5 Å². The maximum absolute atomic E-state index is 13.0. The van der Waals surface area contributed by atoms with Gasteiger partial charge in [0.1, 0.15) is 19.3 Å². The van der Waals surface area contributed by atoms with Gasteiger partial charge in [-0.2, -0.15) is 0 Å². The first-order chi connectivity index (χ1) is 42.5. The fraction of sp³-hybridized carbons (Fsp3) is 0.884. The van der Waals surface area contributed by atoms with Gasteiger partial charge in [0, 0.05) is 25.7 Å². The summed E-state index contributed by atoms with van der Waals surface area (Å²) in [5.74, 6) is -1.39. The number of phosphoric ester groups is 2. The minimum atomic E-state index is -4.96. The number of unbranched alkanes of at least 4 members (excludes halogenated alkanes) is 36. The largest absolute Gasteiger partial charge is 0.472 e. The van der Waals surface area contributed by atoms with Crippen LogP contribution in [-0.2, 0) is 65.4 Å². The Kier molecular flexibility index (Phi) is 60.3. The molecule has 0 aromatic rings.